The fourth-order valence-electron chi connectivity index (χ4n) is 2.83. The highest BCUT2D eigenvalue weighted by Gasteiger charge is 2.48. The van der Waals surface area contributed by atoms with Crippen molar-refractivity contribution in [3.05, 3.63) is 0 Å². The number of methoxy groups -OCH3 is 1. The number of carbonyl (C=O) groups excluding carboxylic acids is 1. The van der Waals surface area contributed by atoms with E-state index in [-0.39, 0.29) is 17.9 Å². The molecular formula is C9H15NO2. The highest BCUT2D eigenvalue weighted by molar-refractivity contribution is 5.73. The first kappa shape index (κ1) is 8.05. The average Bonchev–Trinajstić information content (AvgIpc) is 2.60. The van der Waals surface area contributed by atoms with E-state index in [4.69, 9.17) is 10.5 Å². The number of hydrogen-bond donors (Lipinski definition) is 1. The van der Waals surface area contributed by atoms with Gasteiger partial charge in [-0.3, -0.25) is 4.79 Å². The normalized spacial score (nSPS) is 44.8. The van der Waals surface area contributed by atoms with Gasteiger partial charge in [0.1, 0.15) is 0 Å². The van der Waals surface area contributed by atoms with Gasteiger partial charge < -0.3 is 10.5 Å². The SMILES string of the molecule is COC(=O)C1CC2CC(N)C1C2. The first-order chi connectivity index (χ1) is 5.72. The number of carbonyl (C=O) groups is 1. The van der Waals surface area contributed by atoms with Crippen LogP contribution in [0.15, 0.2) is 0 Å². The summed E-state index contributed by atoms with van der Waals surface area (Å²) in [4.78, 5) is 11.3. The second kappa shape index (κ2) is 2.73. The smallest absolute Gasteiger partial charge is 0.309 e. The van der Waals surface area contributed by atoms with E-state index in [1.165, 1.54) is 7.11 Å². The van der Waals surface area contributed by atoms with Crippen molar-refractivity contribution in [1.82, 2.24) is 0 Å². The topological polar surface area (TPSA) is 52.3 Å². The van der Waals surface area contributed by atoms with Crippen molar-refractivity contribution in [3.63, 3.8) is 0 Å². The van der Waals surface area contributed by atoms with E-state index >= 15 is 0 Å². The van der Waals surface area contributed by atoms with Gasteiger partial charge in [0.25, 0.3) is 0 Å². The van der Waals surface area contributed by atoms with Crippen LogP contribution in [-0.2, 0) is 9.53 Å². The molecule has 0 spiro atoms. The Morgan fingerprint density at radius 1 is 1.42 bits per heavy atom. The Balaban J connectivity index is 2.07. The lowest BCUT2D eigenvalue weighted by Gasteiger charge is -2.24. The average molecular weight is 169 g/mol. The number of rotatable bonds is 1. The van der Waals surface area contributed by atoms with Crippen LogP contribution in [0.3, 0.4) is 0 Å². The summed E-state index contributed by atoms with van der Waals surface area (Å²) in [5.74, 6) is 1.14. The molecule has 4 atom stereocenters. The number of ether oxygens (including phenoxy) is 1. The zero-order chi connectivity index (χ0) is 8.72. The number of fused-ring (bicyclic) bond motifs is 2. The summed E-state index contributed by atoms with van der Waals surface area (Å²) in [6, 6.07) is 0.243. The molecule has 2 bridgehead atoms. The Bertz CT molecular complexity index is 205. The molecule has 0 aliphatic heterocycles. The maximum absolute atomic E-state index is 11.3. The zero-order valence-corrected chi connectivity index (χ0v) is 7.32. The van der Waals surface area contributed by atoms with Crippen LogP contribution >= 0.6 is 0 Å². The molecule has 2 fully saturated rings. The fraction of sp³-hybridized carbons (Fsp3) is 0.889. The molecule has 0 radical (unpaired) electrons. The lowest BCUT2D eigenvalue weighted by molar-refractivity contribution is -0.147. The summed E-state index contributed by atoms with van der Waals surface area (Å²) in [5.41, 5.74) is 5.90. The number of hydrogen-bond acceptors (Lipinski definition) is 3. The molecule has 68 valence electrons. The summed E-state index contributed by atoms with van der Waals surface area (Å²) in [6.07, 6.45) is 3.25. The highest BCUT2D eigenvalue weighted by Crippen LogP contribution is 2.47. The quantitative estimate of drug-likeness (QED) is 0.583. The Morgan fingerprint density at radius 3 is 2.67 bits per heavy atom. The Labute approximate surface area is 72.3 Å². The largest absolute Gasteiger partial charge is 0.469 e. The Kier molecular flexibility index (Phi) is 1.83. The van der Waals surface area contributed by atoms with E-state index in [2.05, 4.69) is 0 Å². The molecule has 2 aliphatic rings. The summed E-state index contributed by atoms with van der Waals surface area (Å²) < 4.78 is 4.74. The van der Waals surface area contributed by atoms with Gasteiger partial charge in [-0.15, -0.1) is 0 Å². The molecule has 12 heavy (non-hydrogen) atoms. The second-order valence-electron chi connectivity index (χ2n) is 4.03. The molecule has 2 rings (SSSR count). The van der Waals surface area contributed by atoms with Crippen molar-refractivity contribution in [2.45, 2.75) is 25.3 Å². The van der Waals surface area contributed by atoms with Crippen LogP contribution in [0, 0.1) is 17.8 Å². The first-order valence-corrected chi connectivity index (χ1v) is 4.55. The lowest BCUT2D eigenvalue weighted by Crippen LogP contribution is -2.36. The molecule has 2 saturated carbocycles. The van der Waals surface area contributed by atoms with Gasteiger partial charge >= 0.3 is 5.97 Å². The summed E-state index contributed by atoms with van der Waals surface area (Å²) >= 11 is 0. The molecule has 0 heterocycles. The summed E-state index contributed by atoms with van der Waals surface area (Å²) in [6.45, 7) is 0. The van der Waals surface area contributed by atoms with Crippen molar-refractivity contribution >= 4 is 5.97 Å². The van der Waals surface area contributed by atoms with Gasteiger partial charge in [-0.2, -0.15) is 0 Å². The van der Waals surface area contributed by atoms with E-state index in [0.717, 1.165) is 19.3 Å². The minimum atomic E-state index is -0.0577. The third-order valence-corrected chi connectivity index (χ3v) is 3.37. The summed E-state index contributed by atoms with van der Waals surface area (Å²) in [7, 11) is 1.46. The molecule has 3 nitrogen and oxygen atoms in total. The third-order valence-electron chi connectivity index (χ3n) is 3.37. The van der Waals surface area contributed by atoms with Crippen molar-refractivity contribution in [3.8, 4) is 0 Å². The van der Waals surface area contributed by atoms with E-state index in [1.807, 2.05) is 0 Å². The van der Waals surface area contributed by atoms with Gasteiger partial charge in [0.2, 0.25) is 0 Å². The van der Waals surface area contributed by atoms with Gasteiger partial charge in [0.05, 0.1) is 13.0 Å². The summed E-state index contributed by atoms with van der Waals surface area (Å²) in [5, 5.41) is 0. The van der Waals surface area contributed by atoms with Gasteiger partial charge in [0, 0.05) is 6.04 Å². The Morgan fingerprint density at radius 2 is 2.17 bits per heavy atom. The molecule has 0 aromatic rings. The predicted molar refractivity (Wildman–Crippen MR) is 44.3 cm³/mol. The molecule has 4 unspecified atom stereocenters. The molecule has 2 aliphatic carbocycles. The standard InChI is InChI=1S/C9H15NO2/c1-12-9(11)7-3-5-2-6(7)8(10)4-5/h5-8H,2-4,10H2,1H3. The van der Waals surface area contributed by atoms with Gasteiger partial charge in [-0.05, 0) is 31.1 Å². The Hall–Kier alpha value is -0.570. The lowest BCUT2D eigenvalue weighted by atomic mass is 9.86. The molecule has 3 heteroatoms. The number of esters is 1. The van der Waals surface area contributed by atoms with Crippen LogP contribution in [0.5, 0.6) is 0 Å². The fourth-order valence-corrected chi connectivity index (χ4v) is 2.83. The van der Waals surface area contributed by atoms with Gasteiger partial charge in [0.15, 0.2) is 0 Å². The molecule has 0 aromatic heterocycles. The van der Waals surface area contributed by atoms with Crippen LogP contribution in [0.2, 0.25) is 0 Å². The van der Waals surface area contributed by atoms with Crippen LogP contribution < -0.4 is 5.73 Å². The zero-order valence-electron chi connectivity index (χ0n) is 7.32. The van der Waals surface area contributed by atoms with E-state index in [9.17, 15) is 4.79 Å². The minimum absolute atomic E-state index is 0.0577. The van der Waals surface area contributed by atoms with Crippen LogP contribution in [0.4, 0.5) is 0 Å². The van der Waals surface area contributed by atoms with Gasteiger partial charge in [-0.25, -0.2) is 0 Å². The molecule has 0 amide bonds. The molecular weight excluding hydrogens is 154 g/mol. The second-order valence-corrected chi connectivity index (χ2v) is 4.03. The monoisotopic (exact) mass is 169 g/mol. The first-order valence-electron chi connectivity index (χ1n) is 4.55. The molecule has 2 N–H and O–H groups in total. The minimum Gasteiger partial charge on any atom is -0.469 e. The molecule has 0 saturated heterocycles. The van der Waals surface area contributed by atoms with Crippen molar-refractivity contribution in [2.75, 3.05) is 7.11 Å². The van der Waals surface area contributed by atoms with E-state index in [0.29, 0.717) is 11.8 Å². The van der Waals surface area contributed by atoms with Crippen LogP contribution in [-0.4, -0.2) is 19.1 Å². The third kappa shape index (κ3) is 1.04. The number of nitrogens with two attached hydrogens (primary N) is 1. The molecule has 0 aromatic carbocycles. The van der Waals surface area contributed by atoms with Crippen LogP contribution in [0.25, 0.3) is 0 Å². The van der Waals surface area contributed by atoms with Gasteiger partial charge in [-0.1, -0.05) is 0 Å². The van der Waals surface area contributed by atoms with Crippen molar-refractivity contribution < 1.29 is 9.53 Å². The van der Waals surface area contributed by atoms with Crippen molar-refractivity contribution in [2.24, 2.45) is 23.5 Å². The van der Waals surface area contributed by atoms with Crippen LogP contribution in [0.1, 0.15) is 19.3 Å². The predicted octanol–water partition coefficient (Wildman–Crippen LogP) is 0.533. The van der Waals surface area contributed by atoms with Crippen molar-refractivity contribution in [1.29, 1.82) is 0 Å². The maximum Gasteiger partial charge on any atom is 0.309 e. The van der Waals surface area contributed by atoms with E-state index in [1.54, 1.807) is 0 Å². The highest BCUT2D eigenvalue weighted by atomic mass is 16.5. The maximum atomic E-state index is 11.3. The van der Waals surface area contributed by atoms with E-state index < -0.39 is 0 Å².